The number of hydrogen-bond donors (Lipinski definition) is 2. The molecule has 0 bridgehead atoms. The van der Waals surface area contributed by atoms with Crippen LogP contribution in [0.25, 0.3) is 10.9 Å². The Balaban J connectivity index is 1.55. The average molecular weight is 410 g/mol. The molecule has 0 saturated carbocycles. The minimum atomic E-state index is -0.507. The van der Waals surface area contributed by atoms with Gasteiger partial charge in [-0.3, -0.25) is 14.7 Å². The Morgan fingerprint density at radius 3 is 2.50 bits per heavy atom. The summed E-state index contributed by atoms with van der Waals surface area (Å²) in [6.45, 7) is 0.242. The third-order valence-electron chi connectivity index (χ3n) is 5.17. The maximum absolute atomic E-state index is 12.8. The van der Waals surface area contributed by atoms with Crippen LogP contribution in [0.5, 0.6) is 17.2 Å². The molecule has 1 aliphatic rings. The van der Waals surface area contributed by atoms with Crippen molar-refractivity contribution < 1.29 is 23.8 Å². The molecule has 1 atom stereocenters. The van der Waals surface area contributed by atoms with Gasteiger partial charge in [-0.25, -0.2) is 0 Å². The second-order valence-corrected chi connectivity index (χ2v) is 6.90. The molecule has 156 valence electrons. The lowest BCUT2D eigenvalue weighted by molar-refractivity contribution is -0.122. The van der Waals surface area contributed by atoms with E-state index in [2.05, 4.69) is 15.5 Å². The number of nitrogens with one attached hydrogen (secondary N) is 2. The molecule has 2 N–H and O–H groups in total. The lowest BCUT2D eigenvalue weighted by Gasteiger charge is -2.20. The van der Waals surface area contributed by atoms with Crippen LogP contribution in [0.4, 0.5) is 11.5 Å². The molecule has 1 aromatic heterocycles. The van der Waals surface area contributed by atoms with Crippen LogP contribution in [0, 0.1) is 5.92 Å². The predicted molar refractivity (Wildman–Crippen MR) is 111 cm³/mol. The fourth-order valence-corrected chi connectivity index (χ4v) is 3.63. The number of ether oxygens (including phenoxy) is 3. The van der Waals surface area contributed by atoms with Gasteiger partial charge in [-0.15, -0.1) is 0 Å². The van der Waals surface area contributed by atoms with Gasteiger partial charge in [-0.05, 0) is 12.1 Å². The largest absolute Gasteiger partial charge is 0.493 e. The molecule has 1 unspecified atom stereocenters. The number of fused-ring (bicyclic) bond motifs is 1. The molecule has 4 rings (SSSR count). The van der Waals surface area contributed by atoms with E-state index < -0.39 is 5.92 Å². The van der Waals surface area contributed by atoms with E-state index in [0.29, 0.717) is 28.8 Å². The lowest BCUT2D eigenvalue weighted by Crippen LogP contribution is -2.28. The van der Waals surface area contributed by atoms with E-state index in [4.69, 9.17) is 14.2 Å². The smallest absolute Gasteiger partial charge is 0.231 e. The monoisotopic (exact) mass is 410 g/mol. The maximum atomic E-state index is 12.8. The van der Waals surface area contributed by atoms with Gasteiger partial charge in [0.25, 0.3) is 0 Å². The van der Waals surface area contributed by atoms with Gasteiger partial charge in [0.1, 0.15) is 0 Å². The van der Waals surface area contributed by atoms with E-state index in [1.807, 2.05) is 24.3 Å². The predicted octanol–water partition coefficient (Wildman–Crippen LogP) is 2.58. The van der Waals surface area contributed by atoms with Crippen LogP contribution in [0.2, 0.25) is 0 Å². The lowest BCUT2D eigenvalue weighted by atomic mass is 10.1. The molecule has 9 nitrogen and oxygen atoms in total. The number of aromatic amines is 1. The summed E-state index contributed by atoms with van der Waals surface area (Å²) in [5, 5.41) is 10.7. The molecular weight excluding hydrogens is 388 g/mol. The van der Waals surface area contributed by atoms with Gasteiger partial charge in [0.05, 0.1) is 38.5 Å². The van der Waals surface area contributed by atoms with Crippen molar-refractivity contribution in [2.45, 2.75) is 6.42 Å². The van der Waals surface area contributed by atoms with Crippen molar-refractivity contribution in [2.75, 3.05) is 38.1 Å². The summed E-state index contributed by atoms with van der Waals surface area (Å²) in [5.74, 6) is 0.856. The topological polar surface area (TPSA) is 106 Å². The Morgan fingerprint density at radius 1 is 1.13 bits per heavy atom. The first kappa shape index (κ1) is 19.6. The van der Waals surface area contributed by atoms with Gasteiger partial charge in [-0.1, -0.05) is 12.1 Å². The van der Waals surface area contributed by atoms with E-state index in [0.717, 1.165) is 10.9 Å². The summed E-state index contributed by atoms with van der Waals surface area (Å²) in [6.07, 6.45) is 0.102. The molecule has 2 amide bonds. The highest BCUT2D eigenvalue weighted by Gasteiger charge is 2.36. The van der Waals surface area contributed by atoms with Crippen LogP contribution in [-0.2, 0) is 9.59 Å². The number of amides is 2. The van der Waals surface area contributed by atoms with Gasteiger partial charge >= 0.3 is 0 Å². The van der Waals surface area contributed by atoms with Crippen molar-refractivity contribution in [3.05, 3.63) is 36.4 Å². The van der Waals surface area contributed by atoms with Crippen LogP contribution < -0.4 is 24.4 Å². The van der Waals surface area contributed by atoms with Crippen molar-refractivity contribution in [3.8, 4) is 17.2 Å². The molecule has 0 aliphatic carbocycles. The number of methoxy groups -OCH3 is 3. The normalized spacial score (nSPS) is 16.0. The number of carbonyl (C=O) groups excluding carboxylic acids is 2. The molecule has 2 heterocycles. The standard InChI is InChI=1S/C21H22N4O5/c1-28-16-9-13(10-17(29-2)19(16)30-3)25-11-12(8-18(25)26)21(27)22-20-14-6-4-5-7-15(14)23-24-20/h4-7,9-10,12H,8,11H2,1-3H3,(H2,22,23,24,27). The number of H-pyrrole nitrogens is 1. The molecule has 1 saturated heterocycles. The van der Waals surface area contributed by atoms with Crippen molar-refractivity contribution in [3.63, 3.8) is 0 Å². The minimum Gasteiger partial charge on any atom is -0.493 e. The Kier molecular flexibility index (Phi) is 5.18. The van der Waals surface area contributed by atoms with Crippen molar-refractivity contribution >= 4 is 34.2 Å². The summed E-state index contributed by atoms with van der Waals surface area (Å²) < 4.78 is 16.1. The SMILES string of the molecule is COc1cc(N2CC(C(=O)Nc3n[nH]c4ccccc34)CC2=O)cc(OC)c1OC. The van der Waals surface area contributed by atoms with Crippen molar-refractivity contribution in [1.82, 2.24) is 10.2 Å². The maximum Gasteiger partial charge on any atom is 0.231 e. The summed E-state index contributed by atoms with van der Waals surface area (Å²) in [7, 11) is 4.54. The van der Waals surface area contributed by atoms with Crippen LogP contribution >= 0.6 is 0 Å². The highest BCUT2D eigenvalue weighted by Crippen LogP contribution is 2.42. The van der Waals surface area contributed by atoms with Gasteiger partial charge in [-0.2, -0.15) is 5.10 Å². The molecule has 30 heavy (non-hydrogen) atoms. The first-order chi connectivity index (χ1) is 14.5. The van der Waals surface area contributed by atoms with Gasteiger partial charge < -0.3 is 24.4 Å². The number of para-hydroxylation sites is 1. The molecule has 1 fully saturated rings. The second-order valence-electron chi connectivity index (χ2n) is 6.90. The first-order valence-corrected chi connectivity index (χ1v) is 9.40. The molecule has 9 heteroatoms. The van der Waals surface area contributed by atoms with Crippen molar-refractivity contribution in [1.29, 1.82) is 0 Å². The molecule has 0 spiro atoms. The molecule has 3 aromatic rings. The Labute approximate surface area is 172 Å². The summed E-state index contributed by atoms with van der Waals surface area (Å²) in [6, 6.07) is 10.9. The molecule has 2 aromatic carbocycles. The third kappa shape index (κ3) is 3.38. The molecule has 1 aliphatic heterocycles. The number of carbonyl (C=O) groups is 2. The number of benzene rings is 2. The number of hydrogen-bond acceptors (Lipinski definition) is 6. The highest BCUT2D eigenvalue weighted by molar-refractivity contribution is 6.06. The first-order valence-electron chi connectivity index (χ1n) is 9.40. The summed E-state index contributed by atoms with van der Waals surface area (Å²) in [5.41, 5.74) is 1.41. The molecule has 0 radical (unpaired) electrons. The zero-order valence-electron chi connectivity index (χ0n) is 16.9. The van der Waals surface area contributed by atoms with E-state index >= 15 is 0 Å². The Bertz CT molecular complexity index is 1080. The van der Waals surface area contributed by atoms with Gasteiger partial charge in [0, 0.05) is 30.5 Å². The zero-order valence-corrected chi connectivity index (χ0v) is 16.9. The highest BCUT2D eigenvalue weighted by atomic mass is 16.5. The third-order valence-corrected chi connectivity index (χ3v) is 5.17. The van der Waals surface area contributed by atoms with Crippen LogP contribution in [0.3, 0.4) is 0 Å². The Morgan fingerprint density at radius 2 is 1.83 bits per heavy atom. The zero-order chi connectivity index (χ0) is 21.3. The van der Waals surface area contributed by atoms with Crippen LogP contribution in [-0.4, -0.2) is 49.9 Å². The summed E-state index contributed by atoms with van der Waals surface area (Å²) in [4.78, 5) is 27.0. The number of aromatic nitrogens is 2. The van der Waals surface area contributed by atoms with E-state index in [9.17, 15) is 9.59 Å². The quantitative estimate of drug-likeness (QED) is 0.647. The number of nitrogens with zero attached hydrogens (tertiary/aromatic N) is 2. The summed E-state index contributed by atoms with van der Waals surface area (Å²) >= 11 is 0. The second kappa shape index (κ2) is 7.94. The van der Waals surface area contributed by atoms with E-state index in [1.54, 1.807) is 17.0 Å². The van der Waals surface area contributed by atoms with Gasteiger partial charge in [0.15, 0.2) is 17.3 Å². The van der Waals surface area contributed by atoms with E-state index in [-0.39, 0.29) is 24.8 Å². The average Bonchev–Trinajstić information content (AvgIpc) is 3.36. The fourth-order valence-electron chi connectivity index (χ4n) is 3.63. The molecular formula is C21H22N4O5. The Hall–Kier alpha value is -3.75. The van der Waals surface area contributed by atoms with Crippen LogP contribution in [0.1, 0.15) is 6.42 Å². The van der Waals surface area contributed by atoms with E-state index in [1.165, 1.54) is 21.3 Å². The van der Waals surface area contributed by atoms with Crippen LogP contribution in [0.15, 0.2) is 36.4 Å². The van der Waals surface area contributed by atoms with Crippen molar-refractivity contribution in [2.24, 2.45) is 5.92 Å². The number of anilines is 2. The number of rotatable bonds is 6. The fraction of sp³-hybridized carbons (Fsp3) is 0.286. The minimum absolute atomic E-state index is 0.102. The van der Waals surface area contributed by atoms with Gasteiger partial charge in [0.2, 0.25) is 17.6 Å².